The summed E-state index contributed by atoms with van der Waals surface area (Å²) in [7, 11) is 0. The van der Waals surface area contributed by atoms with Crippen molar-refractivity contribution in [3.8, 4) is 0 Å². The lowest BCUT2D eigenvalue weighted by Crippen LogP contribution is -2.25. The molecule has 2 N–H and O–H groups in total. The van der Waals surface area contributed by atoms with Gasteiger partial charge in [-0.1, -0.05) is 19.1 Å². The van der Waals surface area contributed by atoms with E-state index in [0.29, 0.717) is 0 Å². The largest absolute Gasteiger partial charge is 0.369 e. The normalized spacial score (nSPS) is 17.5. The summed E-state index contributed by atoms with van der Waals surface area (Å²) in [6.07, 6.45) is 4.01. The predicted molar refractivity (Wildman–Crippen MR) is 69.8 cm³/mol. The van der Waals surface area contributed by atoms with Gasteiger partial charge in [-0.3, -0.25) is 0 Å². The molecule has 0 amide bonds. The van der Waals surface area contributed by atoms with Gasteiger partial charge in [0.2, 0.25) is 0 Å². The van der Waals surface area contributed by atoms with E-state index in [1.807, 2.05) is 6.07 Å². The summed E-state index contributed by atoms with van der Waals surface area (Å²) in [6.45, 7) is 4.00. The standard InChI is InChI=1S/C14H21FN2/c1-2-12(16)10-11-6-5-7-13(15)14(11)17-8-3-4-9-17/h5-7,12H,2-4,8-10,16H2,1H3. The maximum absolute atomic E-state index is 14.0. The van der Waals surface area contributed by atoms with E-state index >= 15 is 0 Å². The van der Waals surface area contributed by atoms with Crippen molar-refractivity contribution in [2.45, 2.75) is 38.6 Å². The number of nitrogens with two attached hydrogens (primary N) is 1. The molecule has 2 rings (SSSR count). The van der Waals surface area contributed by atoms with Gasteiger partial charge in [-0.15, -0.1) is 0 Å². The lowest BCUT2D eigenvalue weighted by molar-refractivity contribution is 0.610. The number of nitrogens with zero attached hydrogens (tertiary/aromatic N) is 1. The van der Waals surface area contributed by atoms with Crippen molar-refractivity contribution in [3.63, 3.8) is 0 Å². The van der Waals surface area contributed by atoms with E-state index in [1.54, 1.807) is 12.1 Å². The molecule has 1 saturated heterocycles. The molecule has 17 heavy (non-hydrogen) atoms. The maximum atomic E-state index is 14.0. The Morgan fingerprint density at radius 1 is 1.35 bits per heavy atom. The quantitative estimate of drug-likeness (QED) is 0.871. The molecule has 0 aliphatic carbocycles. The first kappa shape index (κ1) is 12.4. The van der Waals surface area contributed by atoms with Gasteiger partial charge in [-0.2, -0.15) is 0 Å². The van der Waals surface area contributed by atoms with E-state index in [1.165, 1.54) is 0 Å². The van der Waals surface area contributed by atoms with Crippen LogP contribution in [0.25, 0.3) is 0 Å². The molecule has 1 aliphatic rings. The Morgan fingerprint density at radius 2 is 2.06 bits per heavy atom. The Labute approximate surface area is 103 Å². The van der Waals surface area contributed by atoms with E-state index in [4.69, 9.17) is 5.73 Å². The van der Waals surface area contributed by atoms with Gasteiger partial charge in [0.15, 0.2) is 0 Å². The molecule has 0 spiro atoms. The van der Waals surface area contributed by atoms with Crippen LogP contribution in [0.5, 0.6) is 0 Å². The lowest BCUT2D eigenvalue weighted by Gasteiger charge is -2.23. The average Bonchev–Trinajstić information content (AvgIpc) is 2.82. The van der Waals surface area contributed by atoms with Gasteiger partial charge in [0.1, 0.15) is 5.82 Å². The number of rotatable bonds is 4. The third kappa shape index (κ3) is 2.78. The first-order valence-corrected chi connectivity index (χ1v) is 6.50. The number of anilines is 1. The molecule has 0 saturated carbocycles. The number of halogens is 1. The summed E-state index contributed by atoms with van der Waals surface area (Å²) in [4.78, 5) is 2.16. The van der Waals surface area contributed by atoms with Gasteiger partial charge < -0.3 is 10.6 Å². The van der Waals surface area contributed by atoms with E-state index < -0.39 is 0 Å². The Kier molecular flexibility index (Phi) is 4.00. The van der Waals surface area contributed by atoms with Crippen molar-refractivity contribution in [3.05, 3.63) is 29.6 Å². The molecule has 2 nitrogen and oxygen atoms in total. The fourth-order valence-corrected chi connectivity index (χ4v) is 2.45. The number of hydrogen-bond acceptors (Lipinski definition) is 2. The number of hydrogen-bond donors (Lipinski definition) is 1. The van der Waals surface area contributed by atoms with E-state index in [-0.39, 0.29) is 11.9 Å². The highest BCUT2D eigenvalue weighted by Crippen LogP contribution is 2.28. The van der Waals surface area contributed by atoms with Crippen LogP contribution >= 0.6 is 0 Å². The van der Waals surface area contributed by atoms with Crippen molar-refractivity contribution >= 4 is 5.69 Å². The van der Waals surface area contributed by atoms with E-state index in [9.17, 15) is 4.39 Å². The van der Waals surface area contributed by atoms with Crippen LogP contribution in [0.15, 0.2) is 18.2 Å². The molecule has 1 aliphatic heterocycles. The second-order valence-corrected chi connectivity index (χ2v) is 4.81. The highest BCUT2D eigenvalue weighted by atomic mass is 19.1. The molecule has 94 valence electrons. The Morgan fingerprint density at radius 3 is 2.71 bits per heavy atom. The zero-order chi connectivity index (χ0) is 12.3. The van der Waals surface area contributed by atoms with Crippen LogP contribution in [0.1, 0.15) is 31.7 Å². The van der Waals surface area contributed by atoms with Gasteiger partial charge in [0.05, 0.1) is 5.69 Å². The SMILES string of the molecule is CCC(N)Cc1cccc(F)c1N1CCCC1. The summed E-state index contributed by atoms with van der Waals surface area (Å²) in [6, 6.07) is 5.46. The maximum Gasteiger partial charge on any atom is 0.146 e. The summed E-state index contributed by atoms with van der Waals surface area (Å²) in [5, 5.41) is 0. The Hall–Kier alpha value is -1.09. The molecular formula is C14H21FN2. The molecule has 1 unspecified atom stereocenters. The van der Waals surface area contributed by atoms with Crippen molar-refractivity contribution in [1.29, 1.82) is 0 Å². The minimum atomic E-state index is -0.104. The smallest absolute Gasteiger partial charge is 0.146 e. The Bertz CT molecular complexity index is 372. The molecule has 0 radical (unpaired) electrons. The fourth-order valence-electron chi connectivity index (χ4n) is 2.45. The summed E-state index contributed by atoms with van der Waals surface area (Å²) in [5.74, 6) is -0.104. The second kappa shape index (κ2) is 5.50. The third-order valence-corrected chi connectivity index (χ3v) is 3.50. The van der Waals surface area contributed by atoms with Gasteiger partial charge in [-0.25, -0.2) is 4.39 Å². The van der Waals surface area contributed by atoms with Crippen LogP contribution in [0.4, 0.5) is 10.1 Å². The van der Waals surface area contributed by atoms with Crippen LogP contribution in [-0.4, -0.2) is 19.1 Å². The monoisotopic (exact) mass is 236 g/mol. The zero-order valence-electron chi connectivity index (χ0n) is 10.5. The van der Waals surface area contributed by atoms with Crippen molar-refractivity contribution in [2.75, 3.05) is 18.0 Å². The van der Waals surface area contributed by atoms with Crippen LogP contribution in [-0.2, 0) is 6.42 Å². The van der Waals surface area contributed by atoms with Gasteiger partial charge in [-0.05, 0) is 37.3 Å². The van der Waals surface area contributed by atoms with Crippen LogP contribution < -0.4 is 10.6 Å². The highest BCUT2D eigenvalue weighted by Gasteiger charge is 2.20. The summed E-state index contributed by atoms with van der Waals surface area (Å²) < 4.78 is 14.0. The van der Waals surface area contributed by atoms with Crippen molar-refractivity contribution in [2.24, 2.45) is 5.73 Å². The molecule has 1 fully saturated rings. The van der Waals surface area contributed by atoms with Crippen molar-refractivity contribution < 1.29 is 4.39 Å². The van der Waals surface area contributed by atoms with Crippen molar-refractivity contribution in [1.82, 2.24) is 0 Å². The van der Waals surface area contributed by atoms with Gasteiger partial charge in [0.25, 0.3) is 0 Å². The third-order valence-electron chi connectivity index (χ3n) is 3.50. The summed E-state index contributed by atoms with van der Waals surface area (Å²) >= 11 is 0. The van der Waals surface area contributed by atoms with Crippen LogP contribution in [0.2, 0.25) is 0 Å². The molecule has 1 aromatic rings. The molecular weight excluding hydrogens is 215 g/mol. The van der Waals surface area contributed by atoms with Gasteiger partial charge >= 0.3 is 0 Å². The number of para-hydroxylation sites is 1. The van der Waals surface area contributed by atoms with Gasteiger partial charge in [0, 0.05) is 19.1 Å². The summed E-state index contributed by atoms with van der Waals surface area (Å²) in [5.41, 5.74) is 7.82. The van der Waals surface area contributed by atoms with E-state index in [2.05, 4.69) is 11.8 Å². The molecule has 1 heterocycles. The molecule has 3 heteroatoms. The minimum Gasteiger partial charge on any atom is -0.369 e. The molecule has 0 aromatic heterocycles. The molecule has 1 aromatic carbocycles. The fraction of sp³-hybridized carbons (Fsp3) is 0.571. The predicted octanol–water partition coefficient (Wildman–Crippen LogP) is 2.71. The van der Waals surface area contributed by atoms with Crippen LogP contribution in [0.3, 0.4) is 0 Å². The zero-order valence-corrected chi connectivity index (χ0v) is 10.5. The number of benzene rings is 1. The van der Waals surface area contributed by atoms with E-state index in [0.717, 1.165) is 50.0 Å². The average molecular weight is 236 g/mol. The topological polar surface area (TPSA) is 29.3 Å². The molecule has 0 bridgehead atoms. The highest BCUT2D eigenvalue weighted by molar-refractivity contribution is 5.55. The van der Waals surface area contributed by atoms with Crippen LogP contribution in [0, 0.1) is 5.82 Å². The lowest BCUT2D eigenvalue weighted by atomic mass is 10.0. The minimum absolute atomic E-state index is 0.104. The first-order chi connectivity index (χ1) is 8.22. The second-order valence-electron chi connectivity index (χ2n) is 4.81. The first-order valence-electron chi connectivity index (χ1n) is 6.50. The molecule has 1 atom stereocenters. The Balaban J connectivity index is 2.27.